The molecule has 0 unspecified atom stereocenters. The summed E-state index contributed by atoms with van der Waals surface area (Å²) in [5.74, 6) is -0.580. The minimum atomic E-state index is -3.99. The van der Waals surface area contributed by atoms with Crippen molar-refractivity contribution in [2.45, 2.75) is 4.90 Å². The van der Waals surface area contributed by atoms with Gasteiger partial charge in [-0.1, -0.05) is 58.4 Å². The number of halogens is 1. The standard InChI is InChI=1S/C19H12BrNO3S/c20-14-7-5-6-13(12-14)19(22)21-17-10-3-1-8-15(17)16-9-2-4-11-18(16)25(21,23)24/h1-12H. The van der Waals surface area contributed by atoms with Gasteiger partial charge in [-0.05, 0) is 30.3 Å². The lowest BCUT2D eigenvalue weighted by atomic mass is 10.0. The van der Waals surface area contributed by atoms with Gasteiger partial charge in [-0.25, -0.2) is 8.42 Å². The third-order valence-corrected chi connectivity index (χ3v) is 6.32. The molecule has 0 fully saturated rings. The normalized spacial score (nSPS) is 14.5. The molecule has 124 valence electrons. The van der Waals surface area contributed by atoms with Crippen LogP contribution in [0.3, 0.4) is 0 Å². The first-order chi connectivity index (χ1) is 12.0. The van der Waals surface area contributed by atoms with Gasteiger partial charge in [0.2, 0.25) is 0 Å². The van der Waals surface area contributed by atoms with Gasteiger partial charge in [0.25, 0.3) is 15.9 Å². The van der Waals surface area contributed by atoms with E-state index >= 15 is 0 Å². The predicted molar refractivity (Wildman–Crippen MR) is 100 cm³/mol. The highest BCUT2D eigenvalue weighted by molar-refractivity contribution is 9.10. The molecule has 4 nitrogen and oxygen atoms in total. The summed E-state index contributed by atoms with van der Waals surface area (Å²) in [6.45, 7) is 0. The molecule has 0 saturated carbocycles. The minimum absolute atomic E-state index is 0.136. The van der Waals surface area contributed by atoms with Crippen molar-refractivity contribution in [3.05, 3.63) is 82.8 Å². The zero-order valence-corrected chi connectivity index (χ0v) is 15.3. The molecule has 0 aliphatic carbocycles. The zero-order valence-electron chi connectivity index (χ0n) is 12.9. The molecule has 1 aliphatic heterocycles. The van der Waals surface area contributed by atoms with Gasteiger partial charge in [-0.15, -0.1) is 0 Å². The Morgan fingerprint density at radius 1 is 0.840 bits per heavy atom. The van der Waals surface area contributed by atoms with E-state index in [2.05, 4.69) is 15.9 Å². The molecule has 0 bridgehead atoms. The van der Waals surface area contributed by atoms with Crippen molar-refractivity contribution in [1.82, 2.24) is 0 Å². The summed E-state index contributed by atoms with van der Waals surface area (Å²) in [4.78, 5) is 13.2. The minimum Gasteiger partial charge on any atom is -0.268 e. The predicted octanol–water partition coefficient (Wildman–Crippen LogP) is 4.47. The highest BCUT2D eigenvalue weighted by Gasteiger charge is 2.39. The van der Waals surface area contributed by atoms with Crippen molar-refractivity contribution in [3.8, 4) is 11.1 Å². The van der Waals surface area contributed by atoms with Gasteiger partial charge >= 0.3 is 0 Å². The number of rotatable bonds is 1. The first-order valence-electron chi connectivity index (χ1n) is 7.54. The molecular formula is C19H12BrNO3S. The van der Waals surface area contributed by atoms with E-state index in [1.165, 1.54) is 6.07 Å². The Kier molecular flexibility index (Phi) is 3.74. The summed E-state index contributed by atoms with van der Waals surface area (Å²) in [7, 11) is -3.99. The molecule has 3 aromatic carbocycles. The lowest BCUT2D eigenvalue weighted by molar-refractivity contribution is 0.100. The van der Waals surface area contributed by atoms with E-state index in [0.29, 0.717) is 21.3 Å². The monoisotopic (exact) mass is 413 g/mol. The van der Waals surface area contributed by atoms with Gasteiger partial charge in [0.15, 0.2) is 0 Å². The van der Waals surface area contributed by atoms with Crippen LogP contribution in [0, 0.1) is 0 Å². The van der Waals surface area contributed by atoms with Crippen molar-refractivity contribution in [3.63, 3.8) is 0 Å². The van der Waals surface area contributed by atoms with E-state index in [4.69, 9.17) is 0 Å². The summed E-state index contributed by atoms with van der Waals surface area (Å²) in [5.41, 5.74) is 1.99. The van der Waals surface area contributed by atoms with Gasteiger partial charge in [0, 0.05) is 21.2 Å². The number of hydrogen-bond acceptors (Lipinski definition) is 3. The molecule has 1 heterocycles. The van der Waals surface area contributed by atoms with Crippen LogP contribution in [0.25, 0.3) is 11.1 Å². The fourth-order valence-corrected chi connectivity index (χ4v) is 5.02. The topological polar surface area (TPSA) is 54.5 Å². The average molecular weight is 414 g/mol. The summed E-state index contributed by atoms with van der Waals surface area (Å²) in [5, 5.41) is 0. The Hall–Kier alpha value is -2.44. The van der Waals surface area contributed by atoms with Crippen LogP contribution in [0.2, 0.25) is 0 Å². The van der Waals surface area contributed by atoms with Crippen molar-refractivity contribution in [1.29, 1.82) is 0 Å². The van der Waals surface area contributed by atoms with E-state index < -0.39 is 15.9 Å². The quantitative estimate of drug-likeness (QED) is 0.591. The molecule has 25 heavy (non-hydrogen) atoms. The highest BCUT2D eigenvalue weighted by Crippen LogP contribution is 2.43. The van der Waals surface area contributed by atoms with Crippen LogP contribution < -0.4 is 4.31 Å². The summed E-state index contributed by atoms with van der Waals surface area (Å²) >= 11 is 3.32. The fraction of sp³-hybridized carbons (Fsp3) is 0. The maximum atomic E-state index is 13.2. The zero-order chi connectivity index (χ0) is 17.6. The summed E-state index contributed by atoms with van der Waals surface area (Å²) < 4.78 is 27.9. The number of carbonyl (C=O) groups is 1. The third kappa shape index (κ3) is 2.49. The fourth-order valence-electron chi connectivity index (χ4n) is 2.98. The van der Waals surface area contributed by atoms with E-state index in [1.54, 1.807) is 54.6 Å². The summed E-state index contributed by atoms with van der Waals surface area (Å²) in [6.07, 6.45) is 0. The molecule has 0 N–H and O–H groups in total. The first-order valence-corrected chi connectivity index (χ1v) is 9.77. The van der Waals surface area contributed by atoms with Crippen molar-refractivity contribution in [2.75, 3.05) is 4.31 Å². The molecule has 0 atom stereocenters. The van der Waals surface area contributed by atoms with E-state index in [0.717, 1.165) is 9.87 Å². The maximum absolute atomic E-state index is 13.2. The molecule has 6 heteroatoms. The van der Waals surface area contributed by atoms with Gasteiger partial charge in [0.05, 0.1) is 10.6 Å². The molecule has 0 spiro atoms. The highest BCUT2D eigenvalue weighted by atomic mass is 79.9. The molecule has 0 aromatic heterocycles. The van der Waals surface area contributed by atoms with Gasteiger partial charge in [-0.2, -0.15) is 4.31 Å². The molecule has 1 aliphatic rings. The van der Waals surface area contributed by atoms with Crippen LogP contribution in [0.15, 0.2) is 82.2 Å². The number of carbonyl (C=O) groups excluding carboxylic acids is 1. The maximum Gasteiger partial charge on any atom is 0.272 e. The van der Waals surface area contributed by atoms with Crippen LogP contribution in [-0.4, -0.2) is 14.3 Å². The lowest BCUT2D eigenvalue weighted by Crippen LogP contribution is -2.39. The number of fused-ring (bicyclic) bond motifs is 3. The number of sulfonamides is 1. The van der Waals surface area contributed by atoms with Crippen LogP contribution in [-0.2, 0) is 10.0 Å². The molecule has 0 radical (unpaired) electrons. The SMILES string of the molecule is O=C(c1cccc(Br)c1)N1c2ccccc2-c2ccccc2S1(=O)=O. The largest absolute Gasteiger partial charge is 0.272 e. The number of para-hydroxylation sites is 1. The van der Waals surface area contributed by atoms with Gasteiger partial charge in [0.1, 0.15) is 0 Å². The Labute approximate surface area is 153 Å². The first kappa shape index (κ1) is 16.1. The Morgan fingerprint density at radius 3 is 2.28 bits per heavy atom. The number of anilines is 1. The van der Waals surface area contributed by atoms with Crippen LogP contribution in [0.4, 0.5) is 5.69 Å². The van der Waals surface area contributed by atoms with Crippen molar-refractivity contribution >= 4 is 37.5 Å². The summed E-state index contributed by atoms with van der Waals surface area (Å²) in [6, 6.07) is 20.5. The van der Waals surface area contributed by atoms with E-state index in [1.807, 2.05) is 12.1 Å². The smallest absolute Gasteiger partial charge is 0.268 e. The van der Waals surface area contributed by atoms with Crippen LogP contribution in [0.1, 0.15) is 10.4 Å². The lowest BCUT2D eigenvalue weighted by Gasteiger charge is -2.30. The average Bonchev–Trinajstić information content (AvgIpc) is 2.61. The van der Waals surface area contributed by atoms with Gasteiger partial charge in [-0.3, -0.25) is 4.79 Å². The number of nitrogens with zero attached hydrogens (tertiary/aromatic N) is 1. The molecule has 0 saturated heterocycles. The number of amides is 1. The van der Waals surface area contributed by atoms with Crippen molar-refractivity contribution < 1.29 is 13.2 Å². The molecule has 1 amide bonds. The van der Waals surface area contributed by atoms with Gasteiger partial charge < -0.3 is 0 Å². The molecule has 3 aromatic rings. The van der Waals surface area contributed by atoms with Crippen molar-refractivity contribution in [2.24, 2.45) is 0 Å². The second-order valence-electron chi connectivity index (χ2n) is 5.60. The Bertz CT molecular complexity index is 1110. The van der Waals surface area contributed by atoms with Crippen LogP contribution >= 0.6 is 15.9 Å². The van der Waals surface area contributed by atoms with E-state index in [-0.39, 0.29) is 4.90 Å². The Morgan fingerprint density at radius 2 is 1.52 bits per heavy atom. The van der Waals surface area contributed by atoms with E-state index in [9.17, 15) is 13.2 Å². The number of benzene rings is 3. The second kappa shape index (κ2) is 5.82. The third-order valence-electron chi connectivity index (χ3n) is 4.07. The van der Waals surface area contributed by atoms with Crippen LogP contribution in [0.5, 0.6) is 0 Å². The number of hydrogen-bond donors (Lipinski definition) is 0. The second-order valence-corrected chi connectivity index (χ2v) is 8.27. The molecular weight excluding hydrogens is 402 g/mol. The molecule has 4 rings (SSSR count). The Balaban J connectivity index is 1.99.